The number of nitrogens with zero attached hydrogens (tertiary/aromatic N) is 4. The molecule has 584 valence electrons. The number of hydrogen-bond acceptors (Lipinski definition) is 2. The third-order valence-electron chi connectivity index (χ3n) is 19.0. The van der Waals surface area contributed by atoms with E-state index in [1.807, 2.05) is 78.9 Å². The Morgan fingerprint density at radius 2 is 0.492 bits per heavy atom. The summed E-state index contributed by atoms with van der Waals surface area (Å²) in [6, 6.07) is -44.9. The Hall–Kier alpha value is -16.4. The fourth-order valence-corrected chi connectivity index (χ4v) is 13.4. The van der Waals surface area contributed by atoms with Crippen molar-refractivity contribution in [3.63, 3.8) is 0 Å². The van der Waals surface area contributed by atoms with Gasteiger partial charge in [0.15, 0.2) is 0 Å². The minimum atomic E-state index is -1.48. The van der Waals surface area contributed by atoms with E-state index in [1.165, 1.54) is 0 Å². The van der Waals surface area contributed by atoms with Crippen LogP contribution in [0.15, 0.2) is 508 Å². The molecule has 4 heteroatoms. The van der Waals surface area contributed by atoms with Crippen molar-refractivity contribution in [2.24, 2.45) is 0 Å². The van der Waals surface area contributed by atoms with Crippen LogP contribution in [0.1, 0.15) is 93.2 Å². The number of fused-ring (bicyclic) bond motifs is 6. The van der Waals surface area contributed by atoms with Crippen LogP contribution in [0.3, 0.4) is 0 Å². The van der Waals surface area contributed by atoms with Gasteiger partial charge >= 0.3 is 0 Å². The Kier molecular flexibility index (Phi) is 8.71. The van der Waals surface area contributed by atoms with Crippen molar-refractivity contribution < 1.29 is 93.2 Å². The second-order valence-corrected chi connectivity index (χ2v) is 26.2. The summed E-state index contributed by atoms with van der Waals surface area (Å²) in [6.07, 6.45) is 0. The average molecular weight is 1650 g/mol. The van der Waals surface area contributed by atoms with E-state index in [2.05, 4.69) is 4.57 Å². The second-order valence-electron chi connectivity index (χ2n) is 26.2. The summed E-state index contributed by atoms with van der Waals surface area (Å²) in [7, 11) is 0. The van der Waals surface area contributed by atoms with E-state index in [-0.39, 0.29) is 16.0 Å². The van der Waals surface area contributed by atoms with Gasteiger partial charge in [-0.15, -0.1) is 0 Å². The van der Waals surface area contributed by atoms with E-state index in [0.29, 0.717) is 20.4 Å². The topological polar surface area (TPSA) is 16.3 Å². The van der Waals surface area contributed by atoms with Crippen molar-refractivity contribution in [3.8, 4) is 123 Å². The van der Waals surface area contributed by atoms with Crippen molar-refractivity contribution in [1.82, 2.24) is 9.13 Å². The highest BCUT2D eigenvalue weighted by Crippen LogP contribution is 2.45. The van der Waals surface area contributed by atoms with E-state index in [1.54, 1.807) is 18.2 Å². The van der Waals surface area contributed by atoms with Gasteiger partial charge < -0.3 is 18.9 Å². The second kappa shape index (κ2) is 33.8. The number of anilines is 6. The molecule has 20 aromatic carbocycles. The molecule has 0 atom stereocenters. The number of para-hydroxylation sites is 4. The molecule has 0 saturated carbocycles. The third kappa shape index (κ3) is 15.0. The zero-order chi connectivity index (χ0) is 142. The first kappa shape index (κ1) is 32.0. The van der Waals surface area contributed by atoms with Crippen LogP contribution in [0.2, 0.25) is 0 Å². The van der Waals surface area contributed by atoms with Gasteiger partial charge in [-0.1, -0.05) is 375 Å². The molecule has 0 unspecified atom stereocenters. The van der Waals surface area contributed by atoms with E-state index < -0.39 is 562 Å². The van der Waals surface area contributed by atoms with Gasteiger partial charge in [-0.2, -0.15) is 0 Å². The smallest absolute Gasteiger partial charge is 0.0645 e. The number of hydrogen-bond donors (Lipinski definition) is 0. The van der Waals surface area contributed by atoms with Gasteiger partial charge in [0.2, 0.25) is 0 Å². The van der Waals surface area contributed by atoms with E-state index >= 15 is 0 Å². The highest BCUT2D eigenvalue weighted by Gasteiger charge is 2.22. The van der Waals surface area contributed by atoms with Gasteiger partial charge in [-0.3, -0.25) is 0 Å². The molecule has 0 aliphatic heterocycles. The minimum Gasteiger partial charge on any atom is -0.311 e. The average Bonchev–Trinajstić information content (AvgIpc) is 1.51. The number of benzene rings is 20. The monoisotopic (exact) mass is 1650 g/mol. The maximum Gasteiger partial charge on any atom is 0.0645 e. The molecule has 0 bridgehead atoms. The van der Waals surface area contributed by atoms with Crippen molar-refractivity contribution in [2.75, 3.05) is 9.80 Å². The summed E-state index contributed by atoms with van der Waals surface area (Å²) in [5, 5.41) is -0.261. The lowest BCUT2D eigenvalue weighted by Gasteiger charge is -2.26. The zero-order valence-electron chi connectivity index (χ0n) is 131. The van der Waals surface area contributed by atoms with Crippen LogP contribution in [0.4, 0.5) is 34.1 Å². The van der Waals surface area contributed by atoms with Crippen molar-refractivity contribution in [1.29, 1.82) is 0 Å². The summed E-state index contributed by atoms with van der Waals surface area (Å²) in [5.41, 5.74) is -20.7. The standard InChI is InChI=1S/2C60H42N2/c2*1-4-15-43(16-5-1)45-27-34-52(35-28-45)61(53-36-29-46(30-37-53)50-22-14-21-49(41-50)44-17-6-2-7-18-44)54-38-31-47(32-39-54)51-33-40-60-57(42-51)56-24-11-13-26-59(56)62(60)58-25-12-10-23-55(58)48-19-8-3-9-20-48/h2*1-42H/i1D,2D,3D,4D,5D,6D,7D,8D,9D,10D,11D,12D,13D,14D,15D,16D,17D,18D,19D,20D,21D,22D,23D,24D,25D,26D,27D,28D,29D,30D,31D,32D,33D,34D,35D,36D,37D,38D,39D,40D,41D,42D;1D,2D,4D,5D,6D,7D,14D,15D,16D,17D,18D,21D,22D,27D,28D,29D,30D,31D,32D,34D,35D,36D,37D,38D,39D,41D. The number of aromatic nitrogens is 2. The molecule has 2 heterocycles. The van der Waals surface area contributed by atoms with Gasteiger partial charge in [-0.25, -0.2) is 0 Å². The third-order valence-corrected chi connectivity index (χ3v) is 19.0. The molecule has 4 nitrogen and oxygen atoms in total. The predicted molar refractivity (Wildman–Crippen MR) is 525 cm³/mol. The summed E-state index contributed by atoms with van der Waals surface area (Å²) in [6.45, 7) is 0. The highest BCUT2D eigenvalue weighted by atomic mass is 15.1. The lowest BCUT2D eigenvalue weighted by Crippen LogP contribution is -2.09. The summed E-state index contributed by atoms with van der Waals surface area (Å²) < 4.78 is 619. The molecule has 0 aliphatic rings. The SMILES string of the molecule is [2H]c1c([2H])c([2H])c(-c2c([2H])c([2H])c(N(c3c([2H])c([2H])c(-c4c([2H])c([2H])c([2H])c(-c5c([2H])c([2H])c([2H])c([2H])c5[2H])c4[2H])c([2H])c3[2H])c3c([2H])c([2H])c(-c4c([2H])c([2H])c5c(c4[2H])c4c([2H])c([2H])c([2H])c([2H])c4n5-c4c([2H])c([2H])c([2H])c([2H])c4-c4c([2H])c([2H])c([2H])c([2H])c4[2H])c([2H])c3[2H])c([2H])c2[2H])c([2H])c1[2H].[2H]c1c([2H])c([2H])c(-c2c([2H])c([2H])c(N(c3c([2H])c([2H])c(-c4ccc5c(c4)c4ccccc4n5-c4ccccc4-c4ccccc4)c([2H])c3[2H])c3c([2H])c([2H])c(-c4c([2H])c([2H])c([2H])c(-c5c([2H])c([2H])c([2H])c([2H])c5[2H])c4[2H])c([2H])c3[2H])c([2H])c2[2H])c([2H])c1[2H]. The van der Waals surface area contributed by atoms with E-state index in [4.69, 9.17) is 48.0 Å². The molecule has 0 N–H and O–H groups in total. The van der Waals surface area contributed by atoms with Crippen LogP contribution >= 0.6 is 0 Å². The van der Waals surface area contributed by atoms with Crippen molar-refractivity contribution in [2.45, 2.75) is 0 Å². The molecule has 0 saturated heterocycles. The van der Waals surface area contributed by atoms with Crippen molar-refractivity contribution >= 4 is 77.7 Å². The largest absolute Gasteiger partial charge is 0.311 e. The zero-order valence-corrected chi connectivity index (χ0v) is 63.0. The minimum absolute atomic E-state index is 0.159. The van der Waals surface area contributed by atoms with E-state index in [9.17, 15) is 45.2 Å². The summed E-state index contributed by atoms with van der Waals surface area (Å²) in [4.78, 5) is 0.611. The molecule has 0 spiro atoms. The van der Waals surface area contributed by atoms with Gasteiger partial charge in [-0.05, 0) is 233 Å². The first-order chi connectivity index (χ1) is 89.8. The van der Waals surface area contributed by atoms with Gasteiger partial charge in [0, 0.05) is 66.8 Å². The molecule has 0 aliphatic carbocycles. The van der Waals surface area contributed by atoms with Crippen LogP contribution < -0.4 is 9.80 Å². The molecule has 0 radical (unpaired) electrons. The Labute approximate surface area is 819 Å². The van der Waals surface area contributed by atoms with Crippen LogP contribution in [0.5, 0.6) is 0 Å². The van der Waals surface area contributed by atoms with Crippen LogP contribution in [0.25, 0.3) is 166 Å². The Morgan fingerprint density at radius 3 is 0.976 bits per heavy atom. The van der Waals surface area contributed by atoms with E-state index in [0.717, 1.165) is 27.7 Å². The lowest BCUT2D eigenvalue weighted by atomic mass is 9.98. The molecule has 22 aromatic rings. The highest BCUT2D eigenvalue weighted by molar-refractivity contribution is 6.12. The first-order valence-corrected chi connectivity index (χ1v) is 37.0. The Balaban J connectivity index is 0.000000216. The normalized spacial score (nSPS) is 18.9. The van der Waals surface area contributed by atoms with Crippen LogP contribution in [0, 0.1) is 0 Å². The maximum atomic E-state index is 9.98. The van der Waals surface area contributed by atoms with Gasteiger partial charge in [0.25, 0.3) is 0 Å². The van der Waals surface area contributed by atoms with Gasteiger partial charge in [0.05, 0.1) is 127 Å². The Bertz CT molecular complexity index is 11700. The molecule has 0 fully saturated rings. The molecule has 2 aromatic heterocycles. The van der Waals surface area contributed by atoms with Gasteiger partial charge in [0.1, 0.15) is 0 Å². The first-order valence-electron chi connectivity index (χ1n) is 71.0. The molecular formula is C120H84N4. The lowest BCUT2D eigenvalue weighted by molar-refractivity contribution is 1.18. The fraction of sp³-hybridized carbons (Fsp3) is 0. The van der Waals surface area contributed by atoms with Crippen molar-refractivity contribution in [3.05, 3.63) is 508 Å². The molecular weight excluding hydrogens is 1500 g/mol. The predicted octanol–water partition coefficient (Wildman–Crippen LogP) is 33.2. The van der Waals surface area contributed by atoms with Crippen LogP contribution in [-0.4, -0.2) is 9.13 Å². The molecule has 124 heavy (non-hydrogen) atoms. The maximum absolute atomic E-state index is 9.98. The number of rotatable bonds is 18. The Morgan fingerprint density at radius 1 is 0.161 bits per heavy atom. The fourth-order valence-electron chi connectivity index (χ4n) is 13.4. The summed E-state index contributed by atoms with van der Waals surface area (Å²) in [5.74, 6) is 0. The van der Waals surface area contributed by atoms with Crippen LogP contribution in [-0.2, 0) is 0 Å². The molecule has 0 amide bonds. The summed E-state index contributed by atoms with van der Waals surface area (Å²) >= 11 is 0. The molecule has 22 rings (SSSR count). The quantitative estimate of drug-likeness (QED) is 0.0851.